The Balaban J connectivity index is 1.39. The van der Waals surface area contributed by atoms with Gasteiger partial charge in [-0.05, 0) is 42.8 Å². The molecule has 176 valence electrons. The Kier molecular flexibility index (Phi) is 6.59. The van der Waals surface area contributed by atoms with Gasteiger partial charge in [0.15, 0.2) is 11.5 Å². The van der Waals surface area contributed by atoms with Gasteiger partial charge in [-0.3, -0.25) is 4.72 Å². The highest BCUT2D eigenvalue weighted by Crippen LogP contribution is 2.22. The van der Waals surface area contributed by atoms with Crippen LogP contribution in [-0.4, -0.2) is 47.6 Å². The minimum Gasteiger partial charge on any atom is -0.497 e. The fourth-order valence-corrected chi connectivity index (χ4v) is 4.33. The summed E-state index contributed by atoms with van der Waals surface area (Å²) >= 11 is 0. The van der Waals surface area contributed by atoms with Crippen molar-refractivity contribution < 1.29 is 22.7 Å². The number of imidazole rings is 1. The van der Waals surface area contributed by atoms with Gasteiger partial charge in [0, 0.05) is 6.54 Å². The van der Waals surface area contributed by atoms with E-state index in [0.29, 0.717) is 35.7 Å². The van der Waals surface area contributed by atoms with Gasteiger partial charge >= 0.3 is 5.97 Å². The molecule has 0 radical (unpaired) electrons. The molecular weight excluding hydrogens is 460 g/mol. The lowest BCUT2D eigenvalue weighted by molar-refractivity contribution is 0.0497. The molecule has 0 saturated heterocycles. The largest absolute Gasteiger partial charge is 0.497 e. The number of benzene rings is 2. The number of nitrogens with one attached hydrogen (secondary N) is 1. The standard InChI is InChI=1S/C22H22N6O5S/c1-32-15-7-9-16(10-8-15)34(30,31)27-18-6-3-2-5-17(18)22(29)33-12-4-11-28-14-26-19-20(23)24-13-25-21(19)28/h2-3,5-10,13-14,27H,4,11-12H2,1H3,(H2,23,24,25). The summed E-state index contributed by atoms with van der Waals surface area (Å²) in [5, 5.41) is 0. The molecule has 0 saturated carbocycles. The SMILES string of the molecule is COc1ccc(S(=O)(=O)Nc2ccccc2C(=O)OCCCn2cnc3c(N)ncnc32)cc1. The molecule has 4 rings (SSSR count). The Morgan fingerprint density at radius 2 is 1.85 bits per heavy atom. The smallest absolute Gasteiger partial charge is 0.340 e. The molecule has 3 N–H and O–H groups in total. The molecule has 4 aromatic rings. The predicted octanol–water partition coefficient (Wildman–Crippen LogP) is 2.47. The van der Waals surface area contributed by atoms with Crippen molar-refractivity contribution in [3.63, 3.8) is 0 Å². The minimum atomic E-state index is -3.92. The molecule has 2 heterocycles. The molecule has 0 atom stereocenters. The summed E-state index contributed by atoms with van der Waals surface area (Å²) in [6.07, 6.45) is 3.45. The number of ether oxygens (including phenoxy) is 2. The second-order valence-electron chi connectivity index (χ2n) is 7.19. The lowest BCUT2D eigenvalue weighted by atomic mass is 10.2. The van der Waals surface area contributed by atoms with Crippen LogP contribution in [0.2, 0.25) is 0 Å². The average molecular weight is 483 g/mol. The Morgan fingerprint density at radius 1 is 1.09 bits per heavy atom. The Labute approximate surface area is 195 Å². The zero-order chi connectivity index (χ0) is 24.1. The number of aromatic nitrogens is 4. The molecule has 0 unspecified atom stereocenters. The summed E-state index contributed by atoms with van der Waals surface area (Å²) in [5.74, 6) is 0.182. The van der Waals surface area contributed by atoms with E-state index in [1.807, 2.05) is 0 Å². The van der Waals surface area contributed by atoms with E-state index in [1.54, 1.807) is 35.2 Å². The third kappa shape index (κ3) is 4.91. The normalized spacial score (nSPS) is 11.3. The molecule has 12 heteroatoms. The molecule has 0 amide bonds. The van der Waals surface area contributed by atoms with Crippen LogP contribution in [-0.2, 0) is 21.3 Å². The lowest BCUT2D eigenvalue weighted by Gasteiger charge is -2.13. The van der Waals surface area contributed by atoms with E-state index >= 15 is 0 Å². The van der Waals surface area contributed by atoms with Gasteiger partial charge in [0.2, 0.25) is 0 Å². The van der Waals surface area contributed by atoms with E-state index in [1.165, 1.54) is 37.7 Å². The number of sulfonamides is 1. The van der Waals surface area contributed by atoms with E-state index in [4.69, 9.17) is 15.2 Å². The van der Waals surface area contributed by atoms with Crippen molar-refractivity contribution in [3.8, 4) is 5.75 Å². The van der Waals surface area contributed by atoms with Gasteiger partial charge in [0.25, 0.3) is 10.0 Å². The fraction of sp³-hybridized carbons (Fsp3) is 0.182. The van der Waals surface area contributed by atoms with Crippen LogP contribution in [0.3, 0.4) is 0 Å². The molecule has 0 bridgehead atoms. The van der Waals surface area contributed by atoms with E-state index < -0.39 is 16.0 Å². The molecule has 0 spiro atoms. The van der Waals surface area contributed by atoms with Crippen LogP contribution < -0.4 is 15.2 Å². The van der Waals surface area contributed by atoms with Crippen molar-refractivity contribution in [2.75, 3.05) is 24.2 Å². The zero-order valence-corrected chi connectivity index (χ0v) is 19.0. The minimum absolute atomic E-state index is 0.0356. The van der Waals surface area contributed by atoms with Crippen molar-refractivity contribution in [2.45, 2.75) is 17.9 Å². The summed E-state index contributed by atoms with van der Waals surface area (Å²) in [4.78, 5) is 25.0. The second-order valence-corrected chi connectivity index (χ2v) is 8.87. The first kappa shape index (κ1) is 23.0. The van der Waals surface area contributed by atoms with Crippen LogP contribution in [0.5, 0.6) is 5.75 Å². The number of nitrogens with two attached hydrogens (primary N) is 1. The molecule has 0 fully saturated rings. The average Bonchev–Trinajstić information content (AvgIpc) is 3.26. The monoisotopic (exact) mass is 482 g/mol. The van der Waals surface area contributed by atoms with Gasteiger partial charge in [-0.15, -0.1) is 0 Å². The number of methoxy groups -OCH3 is 1. The molecule has 11 nitrogen and oxygen atoms in total. The third-order valence-electron chi connectivity index (χ3n) is 4.97. The first-order chi connectivity index (χ1) is 16.4. The van der Waals surface area contributed by atoms with Crippen molar-refractivity contribution >= 4 is 38.7 Å². The third-order valence-corrected chi connectivity index (χ3v) is 6.35. The molecule has 0 aliphatic heterocycles. The molecule has 0 aliphatic carbocycles. The summed E-state index contributed by atoms with van der Waals surface area (Å²) in [6, 6.07) is 12.2. The van der Waals surface area contributed by atoms with Crippen molar-refractivity contribution in [2.24, 2.45) is 0 Å². The molecular formula is C22H22N6O5S. The number of para-hydroxylation sites is 1. The highest BCUT2D eigenvalue weighted by atomic mass is 32.2. The van der Waals surface area contributed by atoms with Crippen molar-refractivity contribution in [1.29, 1.82) is 0 Å². The summed E-state index contributed by atoms with van der Waals surface area (Å²) in [7, 11) is -2.43. The maximum Gasteiger partial charge on any atom is 0.340 e. The number of aryl methyl sites for hydroxylation is 1. The van der Waals surface area contributed by atoms with E-state index in [0.717, 1.165) is 0 Å². The Morgan fingerprint density at radius 3 is 2.62 bits per heavy atom. The maximum atomic E-state index is 12.8. The first-order valence-electron chi connectivity index (χ1n) is 10.2. The van der Waals surface area contributed by atoms with Crippen LogP contribution in [0.4, 0.5) is 11.5 Å². The molecule has 34 heavy (non-hydrogen) atoms. The van der Waals surface area contributed by atoms with Crippen LogP contribution in [0.25, 0.3) is 11.2 Å². The number of nitrogens with zero attached hydrogens (tertiary/aromatic N) is 4. The lowest BCUT2D eigenvalue weighted by Crippen LogP contribution is -2.17. The van der Waals surface area contributed by atoms with Gasteiger partial charge in [-0.2, -0.15) is 0 Å². The summed E-state index contributed by atoms with van der Waals surface area (Å²) in [6.45, 7) is 0.602. The zero-order valence-electron chi connectivity index (χ0n) is 18.2. The van der Waals surface area contributed by atoms with E-state index in [9.17, 15) is 13.2 Å². The highest BCUT2D eigenvalue weighted by molar-refractivity contribution is 7.92. The maximum absolute atomic E-state index is 12.8. The van der Waals surface area contributed by atoms with E-state index in [-0.39, 0.29) is 22.8 Å². The number of rotatable bonds is 9. The van der Waals surface area contributed by atoms with E-state index in [2.05, 4.69) is 19.7 Å². The molecule has 2 aromatic heterocycles. The van der Waals surface area contributed by atoms with Gasteiger partial charge in [0.1, 0.15) is 17.6 Å². The number of carbonyl (C=O) groups is 1. The first-order valence-corrected chi connectivity index (χ1v) is 11.7. The number of hydrogen-bond acceptors (Lipinski definition) is 9. The van der Waals surface area contributed by atoms with Crippen LogP contribution in [0.15, 0.2) is 66.1 Å². The van der Waals surface area contributed by atoms with Gasteiger partial charge in [-0.25, -0.2) is 28.2 Å². The van der Waals surface area contributed by atoms with Crippen molar-refractivity contribution in [1.82, 2.24) is 19.5 Å². The van der Waals surface area contributed by atoms with Gasteiger partial charge < -0.3 is 19.8 Å². The predicted molar refractivity (Wildman–Crippen MR) is 125 cm³/mol. The Bertz CT molecular complexity index is 1420. The number of fused-ring (bicyclic) bond motifs is 1. The van der Waals surface area contributed by atoms with Crippen LogP contribution in [0, 0.1) is 0 Å². The second kappa shape index (κ2) is 9.75. The van der Waals surface area contributed by atoms with Gasteiger partial charge in [0.05, 0.1) is 36.2 Å². The Hall–Kier alpha value is -4.19. The fourth-order valence-electron chi connectivity index (χ4n) is 3.25. The molecule has 2 aromatic carbocycles. The quantitative estimate of drug-likeness (QED) is 0.271. The summed E-state index contributed by atoms with van der Waals surface area (Å²) in [5.41, 5.74) is 7.12. The topological polar surface area (TPSA) is 151 Å². The van der Waals surface area contributed by atoms with Crippen molar-refractivity contribution in [3.05, 3.63) is 66.7 Å². The highest BCUT2D eigenvalue weighted by Gasteiger charge is 2.19. The van der Waals surface area contributed by atoms with Crippen LogP contribution in [0.1, 0.15) is 16.8 Å². The number of esters is 1. The van der Waals surface area contributed by atoms with Crippen LogP contribution >= 0.6 is 0 Å². The number of carbonyl (C=O) groups excluding carboxylic acids is 1. The summed E-state index contributed by atoms with van der Waals surface area (Å²) < 4.78 is 40.2. The molecule has 0 aliphatic rings. The van der Waals surface area contributed by atoms with Gasteiger partial charge in [-0.1, -0.05) is 12.1 Å². The number of anilines is 2. The number of nitrogen functional groups attached to an aromatic ring is 1. The number of hydrogen-bond donors (Lipinski definition) is 2.